The van der Waals surface area contributed by atoms with Gasteiger partial charge in [-0.2, -0.15) is 0 Å². The SMILES string of the molecule is CCCNCCOC1CCN(Cc2ccccc2)C1. The lowest BCUT2D eigenvalue weighted by molar-refractivity contribution is 0.0605. The lowest BCUT2D eigenvalue weighted by Gasteiger charge is -2.16. The molecule has 3 nitrogen and oxygen atoms in total. The second kappa shape index (κ2) is 8.31. The second-order valence-electron chi connectivity index (χ2n) is 5.25. The van der Waals surface area contributed by atoms with E-state index in [9.17, 15) is 0 Å². The first kappa shape index (κ1) is 14.5. The van der Waals surface area contributed by atoms with Gasteiger partial charge in [0.25, 0.3) is 0 Å². The van der Waals surface area contributed by atoms with Crippen LogP contribution in [-0.4, -0.2) is 43.8 Å². The van der Waals surface area contributed by atoms with Crippen molar-refractivity contribution in [2.45, 2.75) is 32.4 Å². The molecule has 0 aliphatic carbocycles. The summed E-state index contributed by atoms with van der Waals surface area (Å²) in [5.41, 5.74) is 1.40. The zero-order valence-corrected chi connectivity index (χ0v) is 12.0. The molecule has 1 atom stereocenters. The number of ether oxygens (including phenoxy) is 1. The molecule has 1 heterocycles. The predicted molar refractivity (Wildman–Crippen MR) is 79.2 cm³/mol. The third-order valence-electron chi connectivity index (χ3n) is 3.54. The van der Waals surface area contributed by atoms with Crippen molar-refractivity contribution in [2.75, 3.05) is 32.8 Å². The van der Waals surface area contributed by atoms with Gasteiger partial charge in [0.15, 0.2) is 0 Å². The van der Waals surface area contributed by atoms with Gasteiger partial charge in [0.2, 0.25) is 0 Å². The molecule has 0 saturated carbocycles. The molecule has 1 aliphatic heterocycles. The first-order chi connectivity index (χ1) is 9.38. The van der Waals surface area contributed by atoms with E-state index in [2.05, 4.69) is 47.5 Å². The summed E-state index contributed by atoms with van der Waals surface area (Å²) in [6.45, 7) is 8.37. The fourth-order valence-electron chi connectivity index (χ4n) is 2.52. The third-order valence-corrected chi connectivity index (χ3v) is 3.54. The number of rotatable bonds is 8. The summed E-state index contributed by atoms with van der Waals surface area (Å²) in [5, 5.41) is 3.37. The largest absolute Gasteiger partial charge is 0.376 e. The summed E-state index contributed by atoms with van der Waals surface area (Å²) in [7, 11) is 0. The molecule has 1 saturated heterocycles. The van der Waals surface area contributed by atoms with Gasteiger partial charge in [-0.25, -0.2) is 0 Å². The van der Waals surface area contributed by atoms with Crippen LogP contribution < -0.4 is 5.32 Å². The Bertz CT molecular complexity index is 342. The van der Waals surface area contributed by atoms with E-state index >= 15 is 0 Å². The van der Waals surface area contributed by atoms with Gasteiger partial charge in [-0.1, -0.05) is 37.3 Å². The molecule has 1 aromatic carbocycles. The van der Waals surface area contributed by atoms with Gasteiger partial charge >= 0.3 is 0 Å². The quantitative estimate of drug-likeness (QED) is 0.727. The van der Waals surface area contributed by atoms with Crippen molar-refractivity contribution in [3.63, 3.8) is 0 Å². The van der Waals surface area contributed by atoms with Crippen LogP contribution in [-0.2, 0) is 11.3 Å². The molecule has 1 fully saturated rings. The van der Waals surface area contributed by atoms with Gasteiger partial charge in [0.05, 0.1) is 12.7 Å². The van der Waals surface area contributed by atoms with Crippen molar-refractivity contribution in [1.82, 2.24) is 10.2 Å². The average Bonchev–Trinajstić information content (AvgIpc) is 2.87. The van der Waals surface area contributed by atoms with Crippen LogP contribution in [0.25, 0.3) is 0 Å². The van der Waals surface area contributed by atoms with Crippen LogP contribution in [0.15, 0.2) is 30.3 Å². The minimum Gasteiger partial charge on any atom is -0.376 e. The Labute approximate surface area is 116 Å². The molecule has 1 aromatic rings. The topological polar surface area (TPSA) is 24.5 Å². The number of nitrogens with one attached hydrogen (secondary N) is 1. The van der Waals surface area contributed by atoms with E-state index in [0.717, 1.165) is 39.3 Å². The zero-order valence-electron chi connectivity index (χ0n) is 12.0. The first-order valence-corrected chi connectivity index (χ1v) is 7.47. The molecule has 1 unspecified atom stereocenters. The molecule has 1 N–H and O–H groups in total. The molecular formula is C16H26N2O. The number of benzene rings is 1. The fraction of sp³-hybridized carbons (Fsp3) is 0.625. The highest BCUT2D eigenvalue weighted by Gasteiger charge is 2.22. The Hall–Kier alpha value is -0.900. The summed E-state index contributed by atoms with van der Waals surface area (Å²) >= 11 is 0. The van der Waals surface area contributed by atoms with Crippen molar-refractivity contribution in [3.05, 3.63) is 35.9 Å². The van der Waals surface area contributed by atoms with Crippen LogP contribution in [0.3, 0.4) is 0 Å². The standard InChI is InChI=1S/C16H26N2O/c1-2-9-17-10-12-19-16-8-11-18(14-16)13-15-6-4-3-5-7-15/h3-7,16-17H,2,8-14H2,1H3. The Morgan fingerprint density at radius 1 is 1.26 bits per heavy atom. The van der Waals surface area contributed by atoms with E-state index in [1.807, 2.05) is 0 Å². The van der Waals surface area contributed by atoms with E-state index in [4.69, 9.17) is 4.74 Å². The summed E-state index contributed by atoms with van der Waals surface area (Å²) < 4.78 is 5.91. The number of hydrogen-bond donors (Lipinski definition) is 1. The number of nitrogens with zero attached hydrogens (tertiary/aromatic N) is 1. The lowest BCUT2D eigenvalue weighted by Crippen LogP contribution is -2.26. The van der Waals surface area contributed by atoms with Gasteiger partial charge in [-0.15, -0.1) is 0 Å². The molecule has 0 bridgehead atoms. The average molecular weight is 262 g/mol. The highest BCUT2D eigenvalue weighted by Crippen LogP contribution is 2.15. The van der Waals surface area contributed by atoms with E-state index in [1.165, 1.54) is 18.4 Å². The highest BCUT2D eigenvalue weighted by atomic mass is 16.5. The zero-order chi connectivity index (χ0) is 13.3. The number of hydrogen-bond acceptors (Lipinski definition) is 3. The third kappa shape index (κ3) is 5.31. The Kier molecular flexibility index (Phi) is 6.34. The van der Waals surface area contributed by atoms with Gasteiger partial charge in [-0.3, -0.25) is 4.90 Å². The van der Waals surface area contributed by atoms with Gasteiger partial charge in [0, 0.05) is 26.2 Å². The molecule has 2 rings (SSSR count). The molecule has 106 valence electrons. The van der Waals surface area contributed by atoms with Crippen molar-refractivity contribution in [1.29, 1.82) is 0 Å². The van der Waals surface area contributed by atoms with E-state index in [-0.39, 0.29) is 0 Å². The van der Waals surface area contributed by atoms with Crippen molar-refractivity contribution in [3.8, 4) is 0 Å². The van der Waals surface area contributed by atoms with Crippen molar-refractivity contribution < 1.29 is 4.74 Å². The molecule has 1 aliphatic rings. The predicted octanol–water partition coefficient (Wildman–Crippen LogP) is 2.28. The molecule has 0 radical (unpaired) electrons. The lowest BCUT2D eigenvalue weighted by atomic mass is 10.2. The Morgan fingerprint density at radius 2 is 2.11 bits per heavy atom. The van der Waals surface area contributed by atoms with Gasteiger partial charge < -0.3 is 10.1 Å². The van der Waals surface area contributed by atoms with Crippen LogP contribution in [0.5, 0.6) is 0 Å². The maximum Gasteiger partial charge on any atom is 0.0714 e. The fourth-order valence-corrected chi connectivity index (χ4v) is 2.52. The van der Waals surface area contributed by atoms with Gasteiger partial charge in [0.1, 0.15) is 0 Å². The van der Waals surface area contributed by atoms with Crippen LogP contribution in [0.1, 0.15) is 25.3 Å². The van der Waals surface area contributed by atoms with Crippen molar-refractivity contribution >= 4 is 0 Å². The second-order valence-corrected chi connectivity index (χ2v) is 5.25. The molecular weight excluding hydrogens is 236 g/mol. The van der Waals surface area contributed by atoms with E-state index in [0.29, 0.717) is 6.10 Å². The normalized spacial score (nSPS) is 19.9. The van der Waals surface area contributed by atoms with Crippen LogP contribution >= 0.6 is 0 Å². The van der Waals surface area contributed by atoms with Crippen LogP contribution in [0.2, 0.25) is 0 Å². The van der Waals surface area contributed by atoms with Crippen molar-refractivity contribution in [2.24, 2.45) is 0 Å². The maximum absolute atomic E-state index is 5.91. The van der Waals surface area contributed by atoms with Crippen LogP contribution in [0.4, 0.5) is 0 Å². The maximum atomic E-state index is 5.91. The summed E-state index contributed by atoms with van der Waals surface area (Å²) in [6.07, 6.45) is 2.78. The minimum atomic E-state index is 0.423. The van der Waals surface area contributed by atoms with E-state index < -0.39 is 0 Å². The van der Waals surface area contributed by atoms with Crippen LogP contribution in [0, 0.1) is 0 Å². The van der Waals surface area contributed by atoms with Gasteiger partial charge in [-0.05, 0) is 24.9 Å². The summed E-state index contributed by atoms with van der Waals surface area (Å²) in [5.74, 6) is 0. The molecule has 0 aromatic heterocycles. The highest BCUT2D eigenvalue weighted by molar-refractivity contribution is 5.14. The Balaban J connectivity index is 1.60. The molecule has 0 amide bonds. The summed E-state index contributed by atoms with van der Waals surface area (Å²) in [6, 6.07) is 10.7. The summed E-state index contributed by atoms with van der Waals surface area (Å²) in [4.78, 5) is 2.49. The van der Waals surface area contributed by atoms with E-state index in [1.54, 1.807) is 0 Å². The number of likely N-dealkylation sites (tertiary alicyclic amines) is 1. The molecule has 19 heavy (non-hydrogen) atoms. The Morgan fingerprint density at radius 3 is 2.89 bits per heavy atom. The monoisotopic (exact) mass is 262 g/mol. The minimum absolute atomic E-state index is 0.423. The smallest absolute Gasteiger partial charge is 0.0714 e. The molecule has 3 heteroatoms. The first-order valence-electron chi connectivity index (χ1n) is 7.47. The molecule has 0 spiro atoms.